The topological polar surface area (TPSA) is 53.7 Å². The Morgan fingerprint density at radius 2 is 2.25 bits per heavy atom. The molecule has 1 aromatic carbocycles. The summed E-state index contributed by atoms with van der Waals surface area (Å²) in [6.07, 6.45) is 3.47. The highest BCUT2D eigenvalue weighted by Gasteiger charge is 2.37. The summed E-state index contributed by atoms with van der Waals surface area (Å²) in [5.41, 5.74) is 1.40. The number of para-hydroxylation sites is 1. The van der Waals surface area contributed by atoms with E-state index in [0.717, 1.165) is 42.5 Å². The predicted molar refractivity (Wildman–Crippen MR) is 76.5 cm³/mol. The molecule has 1 unspecified atom stereocenters. The van der Waals surface area contributed by atoms with Crippen LogP contribution in [-0.4, -0.2) is 29.1 Å². The Kier molecular flexibility index (Phi) is 3.26. The quantitative estimate of drug-likeness (QED) is 0.933. The van der Waals surface area contributed by atoms with E-state index in [0.29, 0.717) is 6.54 Å². The van der Waals surface area contributed by atoms with Crippen molar-refractivity contribution in [2.45, 2.75) is 26.3 Å². The zero-order valence-electron chi connectivity index (χ0n) is 11.6. The molecule has 1 fully saturated rings. The molecule has 1 aromatic heterocycles. The third-order valence-electron chi connectivity index (χ3n) is 4.25. The number of nitrogens with zero attached hydrogens (tertiary/aromatic N) is 1. The third-order valence-corrected chi connectivity index (χ3v) is 4.25. The largest absolute Gasteiger partial charge is 0.481 e. The lowest BCUT2D eigenvalue weighted by molar-refractivity contribution is -0.151. The smallest absolute Gasteiger partial charge is 0.310 e. The normalized spacial score (nSPS) is 24.1. The fourth-order valence-electron chi connectivity index (χ4n) is 3.05. The van der Waals surface area contributed by atoms with Crippen LogP contribution in [0.1, 0.15) is 25.3 Å². The molecule has 1 atom stereocenters. The first-order chi connectivity index (χ1) is 9.58. The number of carbonyl (C=O) groups is 1. The molecular formula is C16H19NO3. The highest BCUT2D eigenvalue weighted by Crippen LogP contribution is 2.31. The Hall–Kier alpha value is -1.81. The Morgan fingerprint density at radius 3 is 3.05 bits per heavy atom. The van der Waals surface area contributed by atoms with Crippen molar-refractivity contribution in [2.24, 2.45) is 5.41 Å². The summed E-state index contributed by atoms with van der Waals surface area (Å²) in [5.74, 6) is -0.695. The zero-order valence-corrected chi connectivity index (χ0v) is 11.6. The first kappa shape index (κ1) is 13.2. The summed E-state index contributed by atoms with van der Waals surface area (Å²) in [6, 6.07) is 7.96. The van der Waals surface area contributed by atoms with Gasteiger partial charge in [-0.1, -0.05) is 18.2 Å². The van der Waals surface area contributed by atoms with Gasteiger partial charge in [-0.15, -0.1) is 0 Å². The van der Waals surface area contributed by atoms with Gasteiger partial charge < -0.3 is 9.52 Å². The van der Waals surface area contributed by atoms with Gasteiger partial charge in [-0.2, -0.15) is 0 Å². The molecule has 0 radical (unpaired) electrons. The Morgan fingerprint density at radius 1 is 1.45 bits per heavy atom. The van der Waals surface area contributed by atoms with Crippen LogP contribution in [0.5, 0.6) is 0 Å². The van der Waals surface area contributed by atoms with Crippen molar-refractivity contribution in [3.05, 3.63) is 36.1 Å². The van der Waals surface area contributed by atoms with E-state index in [1.165, 1.54) is 0 Å². The first-order valence-electron chi connectivity index (χ1n) is 6.99. The minimum atomic E-state index is -0.695. The van der Waals surface area contributed by atoms with Gasteiger partial charge in [0.05, 0.1) is 11.7 Å². The molecule has 4 nitrogen and oxygen atoms in total. The standard InChI is InChI=1S/C16H19NO3/c1-16(15(18)19)7-4-8-17(11-16)9-12-10-20-14-6-3-2-5-13(12)14/h2-3,5-6,10H,4,7-9,11H2,1H3,(H,18,19). The van der Waals surface area contributed by atoms with Crippen LogP contribution in [0.15, 0.2) is 34.9 Å². The van der Waals surface area contributed by atoms with Crippen LogP contribution in [0.4, 0.5) is 0 Å². The predicted octanol–water partition coefficient (Wildman–Crippen LogP) is 3.12. The van der Waals surface area contributed by atoms with Crippen molar-refractivity contribution in [3.8, 4) is 0 Å². The summed E-state index contributed by atoms with van der Waals surface area (Å²) >= 11 is 0. The zero-order chi connectivity index (χ0) is 14.2. The number of aliphatic carboxylic acids is 1. The molecule has 4 heteroatoms. The van der Waals surface area contributed by atoms with Crippen LogP contribution < -0.4 is 0 Å². The molecule has 1 saturated heterocycles. The van der Waals surface area contributed by atoms with Crippen LogP contribution in [0, 0.1) is 5.41 Å². The van der Waals surface area contributed by atoms with Gasteiger partial charge >= 0.3 is 5.97 Å². The minimum Gasteiger partial charge on any atom is -0.481 e. The van der Waals surface area contributed by atoms with Crippen LogP contribution in [0.2, 0.25) is 0 Å². The number of benzene rings is 1. The summed E-state index contributed by atoms with van der Waals surface area (Å²) in [5, 5.41) is 10.5. The van der Waals surface area contributed by atoms with E-state index >= 15 is 0 Å². The summed E-state index contributed by atoms with van der Waals surface area (Å²) in [4.78, 5) is 13.6. The number of carboxylic acids is 1. The highest BCUT2D eigenvalue weighted by molar-refractivity contribution is 5.80. The molecule has 106 valence electrons. The maximum Gasteiger partial charge on any atom is 0.310 e. The molecule has 2 heterocycles. The molecule has 2 aromatic rings. The molecule has 0 bridgehead atoms. The molecule has 20 heavy (non-hydrogen) atoms. The molecule has 0 saturated carbocycles. The van der Waals surface area contributed by atoms with Gasteiger partial charge in [-0.3, -0.25) is 9.69 Å². The van der Waals surface area contributed by atoms with E-state index in [2.05, 4.69) is 11.0 Å². The summed E-state index contributed by atoms with van der Waals surface area (Å²) < 4.78 is 5.55. The molecule has 1 aliphatic heterocycles. The second-order valence-electron chi connectivity index (χ2n) is 5.94. The van der Waals surface area contributed by atoms with E-state index in [1.807, 2.05) is 25.1 Å². The fraction of sp³-hybridized carbons (Fsp3) is 0.438. The number of hydrogen-bond donors (Lipinski definition) is 1. The van der Waals surface area contributed by atoms with Crippen LogP contribution in [-0.2, 0) is 11.3 Å². The van der Waals surface area contributed by atoms with E-state index in [9.17, 15) is 9.90 Å². The number of carboxylic acid groups (broad SMARTS) is 1. The van der Waals surface area contributed by atoms with Gasteiger partial charge in [0.15, 0.2) is 0 Å². The van der Waals surface area contributed by atoms with E-state index in [1.54, 1.807) is 6.26 Å². The van der Waals surface area contributed by atoms with Crippen molar-refractivity contribution in [2.75, 3.05) is 13.1 Å². The molecule has 3 rings (SSSR count). The van der Waals surface area contributed by atoms with E-state index in [4.69, 9.17) is 4.42 Å². The third kappa shape index (κ3) is 2.31. The summed E-state index contributed by atoms with van der Waals surface area (Å²) in [7, 11) is 0. The average molecular weight is 273 g/mol. The van der Waals surface area contributed by atoms with Gasteiger partial charge in [0.1, 0.15) is 5.58 Å². The maximum atomic E-state index is 11.4. The maximum absolute atomic E-state index is 11.4. The number of hydrogen-bond acceptors (Lipinski definition) is 3. The molecule has 0 spiro atoms. The molecule has 0 amide bonds. The summed E-state index contributed by atoms with van der Waals surface area (Å²) in [6.45, 7) is 4.14. The van der Waals surface area contributed by atoms with Gasteiger partial charge in [0.2, 0.25) is 0 Å². The van der Waals surface area contributed by atoms with Crippen molar-refractivity contribution in [3.63, 3.8) is 0 Å². The van der Waals surface area contributed by atoms with Crippen molar-refractivity contribution < 1.29 is 14.3 Å². The minimum absolute atomic E-state index is 0.599. The van der Waals surface area contributed by atoms with E-state index in [-0.39, 0.29) is 0 Å². The number of piperidine rings is 1. The average Bonchev–Trinajstić information content (AvgIpc) is 2.82. The highest BCUT2D eigenvalue weighted by atomic mass is 16.4. The molecule has 0 aliphatic carbocycles. The van der Waals surface area contributed by atoms with Crippen molar-refractivity contribution >= 4 is 16.9 Å². The monoisotopic (exact) mass is 273 g/mol. The van der Waals surface area contributed by atoms with E-state index < -0.39 is 11.4 Å². The lowest BCUT2D eigenvalue weighted by Gasteiger charge is -2.37. The first-order valence-corrected chi connectivity index (χ1v) is 6.99. The van der Waals surface area contributed by atoms with Gasteiger partial charge in [-0.05, 0) is 32.4 Å². The number of fused-ring (bicyclic) bond motifs is 1. The Bertz CT molecular complexity index is 633. The van der Waals surface area contributed by atoms with Gasteiger partial charge in [-0.25, -0.2) is 0 Å². The van der Waals surface area contributed by atoms with Crippen LogP contribution >= 0.6 is 0 Å². The molecule has 1 aliphatic rings. The van der Waals surface area contributed by atoms with Crippen molar-refractivity contribution in [1.82, 2.24) is 4.90 Å². The lowest BCUT2D eigenvalue weighted by atomic mass is 9.82. The number of likely N-dealkylation sites (tertiary alicyclic amines) is 1. The van der Waals surface area contributed by atoms with Crippen LogP contribution in [0.3, 0.4) is 0 Å². The second-order valence-corrected chi connectivity index (χ2v) is 5.94. The van der Waals surface area contributed by atoms with Gasteiger partial charge in [0.25, 0.3) is 0 Å². The molecule has 1 N–H and O–H groups in total. The van der Waals surface area contributed by atoms with Gasteiger partial charge in [0, 0.05) is 24.0 Å². The van der Waals surface area contributed by atoms with Crippen molar-refractivity contribution in [1.29, 1.82) is 0 Å². The number of furan rings is 1. The van der Waals surface area contributed by atoms with Crippen LogP contribution in [0.25, 0.3) is 11.0 Å². The lowest BCUT2D eigenvalue weighted by Crippen LogP contribution is -2.45. The molecular weight excluding hydrogens is 254 g/mol. The number of rotatable bonds is 3. The SMILES string of the molecule is CC1(C(=O)O)CCCN(Cc2coc3ccccc23)C1. The second kappa shape index (κ2) is 4.94. The Labute approximate surface area is 118 Å². The Balaban J connectivity index is 1.79. The fourth-order valence-corrected chi connectivity index (χ4v) is 3.05.